The molecule has 2 aromatic carbocycles. The Balaban J connectivity index is 2.04. The van der Waals surface area contributed by atoms with E-state index in [0.717, 1.165) is 11.1 Å². The second kappa shape index (κ2) is 8.07. The van der Waals surface area contributed by atoms with Crippen molar-refractivity contribution in [1.82, 2.24) is 0 Å². The van der Waals surface area contributed by atoms with Gasteiger partial charge in [0.15, 0.2) is 0 Å². The molecule has 0 bridgehead atoms. The Hall–Kier alpha value is -3.10. The van der Waals surface area contributed by atoms with Gasteiger partial charge in [-0.1, -0.05) is 60.4 Å². The Morgan fingerprint density at radius 1 is 0.963 bits per heavy atom. The summed E-state index contributed by atoms with van der Waals surface area (Å²) in [6.45, 7) is 0. The van der Waals surface area contributed by atoms with Crippen LogP contribution >= 0.6 is 0 Å². The van der Waals surface area contributed by atoms with E-state index in [1.807, 2.05) is 60.7 Å². The van der Waals surface area contributed by atoms with Crippen LogP contribution < -0.4 is 0 Å². The quantitative estimate of drug-likeness (QED) is 0.476. The van der Waals surface area contributed by atoms with Gasteiger partial charge >= 0.3 is 11.9 Å². The van der Waals surface area contributed by atoms with E-state index in [0.29, 0.717) is 0 Å². The molecule has 138 valence electrons. The average Bonchev–Trinajstić information content (AvgIpc) is 3.13. The van der Waals surface area contributed by atoms with Gasteiger partial charge in [-0.3, -0.25) is 9.59 Å². The van der Waals surface area contributed by atoms with Gasteiger partial charge in [0.1, 0.15) is 6.10 Å². The van der Waals surface area contributed by atoms with Crippen molar-refractivity contribution in [2.45, 2.75) is 18.6 Å². The molecule has 0 saturated carbocycles. The fourth-order valence-corrected chi connectivity index (χ4v) is 3.25. The third-order valence-electron chi connectivity index (χ3n) is 4.65. The van der Waals surface area contributed by atoms with Gasteiger partial charge in [0.2, 0.25) is 5.41 Å². The summed E-state index contributed by atoms with van der Waals surface area (Å²) in [6.07, 6.45) is -1.35. The van der Waals surface area contributed by atoms with Crippen molar-refractivity contribution < 1.29 is 23.8 Å². The number of hydrogen-bond donors (Lipinski definition) is 0. The molecule has 0 radical (unpaired) electrons. The van der Waals surface area contributed by atoms with Crippen molar-refractivity contribution in [3.8, 4) is 11.8 Å². The lowest BCUT2D eigenvalue weighted by atomic mass is 9.78. The number of hydrogen-bond acceptors (Lipinski definition) is 5. The summed E-state index contributed by atoms with van der Waals surface area (Å²) in [6, 6.07) is 18.7. The summed E-state index contributed by atoms with van der Waals surface area (Å²) in [5.74, 6) is 4.51. The van der Waals surface area contributed by atoms with Crippen LogP contribution in [0.3, 0.4) is 0 Å². The molecular weight excluding hydrogens is 344 g/mol. The van der Waals surface area contributed by atoms with E-state index < -0.39 is 29.6 Å². The largest absolute Gasteiger partial charge is 0.468 e. The molecule has 0 unspecified atom stereocenters. The predicted octanol–water partition coefficient (Wildman–Crippen LogP) is 2.90. The van der Waals surface area contributed by atoms with Crippen LogP contribution in [0.2, 0.25) is 0 Å². The first kappa shape index (κ1) is 18.7. The number of methoxy groups -OCH3 is 2. The number of ether oxygens (including phenoxy) is 3. The molecule has 0 spiro atoms. The molecule has 1 aliphatic heterocycles. The summed E-state index contributed by atoms with van der Waals surface area (Å²) in [5.41, 5.74) is -0.0159. The van der Waals surface area contributed by atoms with Gasteiger partial charge < -0.3 is 14.2 Å². The zero-order chi connectivity index (χ0) is 19.3. The van der Waals surface area contributed by atoms with Gasteiger partial charge in [0.05, 0.1) is 20.3 Å². The van der Waals surface area contributed by atoms with E-state index in [9.17, 15) is 9.59 Å². The van der Waals surface area contributed by atoms with Crippen molar-refractivity contribution >= 4 is 11.9 Å². The highest BCUT2D eigenvalue weighted by Crippen LogP contribution is 2.47. The van der Waals surface area contributed by atoms with Crippen molar-refractivity contribution in [3.05, 3.63) is 71.8 Å². The summed E-state index contributed by atoms with van der Waals surface area (Å²) in [7, 11) is 2.48. The minimum atomic E-state index is -1.63. The molecule has 1 saturated heterocycles. The predicted molar refractivity (Wildman–Crippen MR) is 98.5 cm³/mol. The first-order valence-electron chi connectivity index (χ1n) is 8.55. The van der Waals surface area contributed by atoms with Crippen molar-refractivity contribution in [2.75, 3.05) is 14.2 Å². The number of carbonyl (C=O) groups excluding carboxylic acids is 2. The lowest BCUT2D eigenvalue weighted by Gasteiger charge is -2.25. The summed E-state index contributed by atoms with van der Waals surface area (Å²) in [5, 5.41) is 0. The van der Waals surface area contributed by atoms with Crippen LogP contribution in [0.25, 0.3) is 0 Å². The Labute approximate surface area is 158 Å². The van der Waals surface area contributed by atoms with Crippen LogP contribution in [0.5, 0.6) is 0 Å². The fraction of sp³-hybridized carbons (Fsp3) is 0.273. The van der Waals surface area contributed by atoms with E-state index in [4.69, 9.17) is 14.2 Å². The van der Waals surface area contributed by atoms with Gasteiger partial charge in [-0.25, -0.2) is 0 Å². The van der Waals surface area contributed by atoms with E-state index in [2.05, 4.69) is 11.8 Å². The summed E-state index contributed by atoms with van der Waals surface area (Å²) in [4.78, 5) is 25.3. The van der Waals surface area contributed by atoms with Crippen molar-refractivity contribution in [1.29, 1.82) is 0 Å². The van der Waals surface area contributed by atoms with Gasteiger partial charge in [-0.05, 0) is 17.7 Å². The second-order valence-electron chi connectivity index (χ2n) is 6.21. The molecular formula is C22H20O5. The summed E-state index contributed by atoms with van der Waals surface area (Å²) < 4.78 is 15.9. The number of esters is 2. The molecule has 2 aromatic rings. The molecule has 3 rings (SSSR count). The zero-order valence-electron chi connectivity index (χ0n) is 15.2. The highest BCUT2D eigenvalue weighted by molar-refractivity contribution is 6.01. The van der Waals surface area contributed by atoms with E-state index >= 15 is 0 Å². The van der Waals surface area contributed by atoms with Crippen LogP contribution in [0.4, 0.5) is 0 Å². The molecule has 1 heterocycles. The molecule has 0 aliphatic carbocycles. The Morgan fingerprint density at radius 2 is 1.52 bits per heavy atom. The Kier molecular flexibility index (Phi) is 5.58. The Bertz CT molecular complexity index is 848. The SMILES string of the molecule is COC(=O)C1(C(=O)OC)C[C@@H](c2ccccc2)O[C@H]1C#Cc1ccccc1. The smallest absolute Gasteiger partial charge is 0.327 e. The molecule has 5 nitrogen and oxygen atoms in total. The van der Waals surface area contributed by atoms with Gasteiger partial charge in [0, 0.05) is 12.0 Å². The molecule has 2 atom stereocenters. The number of benzene rings is 2. The van der Waals surface area contributed by atoms with Crippen LogP contribution in [0, 0.1) is 17.3 Å². The maximum atomic E-state index is 12.7. The monoisotopic (exact) mass is 364 g/mol. The molecule has 27 heavy (non-hydrogen) atoms. The molecule has 0 aromatic heterocycles. The zero-order valence-corrected chi connectivity index (χ0v) is 15.2. The first-order valence-corrected chi connectivity index (χ1v) is 8.55. The van der Waals surface area contributed by atoms with E-state index in [1.165, 1.54) is 14.2 Å². The van der Waals surface area contributed by atoms with Gasteiger partial charge in [-0.2, -0.15) is 0 Å². The molecule has 5 heteroatoms. The normalized spacial score (nSPS) is 20.2. The second-order valence-corrected chi connectivity index (χ2v) is 6.21. The average molecular weight is 364 g/mol. The van der Waals surface area contributed by atoms with Crippen LogP contribution in [-0.2, 0) is 23.8 Å². The molecule has 1 aliphatic rings. The van der Waals surface area contributed by atoms with E-state index in [1.54, 1.807) is 0 Å². The minimum Gasteiger partial charge on any atom is -0.468 e. The standard InChI is InChI=1S/C22H20O5/c1-25-20(23)22(21(24)26-2)15-18(17-11-7-4-8-12-17)27-19(22)14-13-16-9-5-3-6-10-16/h3-12,18-19H,15H2,1-2H3/t18-,19-/m0/s1. The molecule has 0 N–H and O–H groups in total. The first-order chi connectivity index (χ1) is 13.1. The van der Waals surface area contributed by atoms with Crippen LogP contribution in [0.1, 0.15) is 23.7 Å². The molecule has 0 amide bonds. The fourth-order valence-electron chi connectivity index (χ4n) is 3.25. The van der Waals surface area contributed by atoms with Crippen LogP contribution in [0.15, 0.2) is 60.7 Å². The van der Waals surface area contributed by atoms with Gasteiger partial charge in [0.25, 0.3) is 0 Å². The highest BCUT2D eigenvalue weighted by atomic mass is 16.6. The third kappa shape index (κ3) is 3.57. The summed E-state index contributed by atoms with van der Waals surface area (Å²) >= 11 is 0. The maximum Gasteiger partial charge on any atom is 0.327 e. The maximum absolute atomic E-state index is 12.7. The lowest BCUT2D eigenvalue weighted by molar-refractivity contribution is -0.171. The molecule has 1 fully saturated rings. The third-order valence-corrected chi connectivity index (χ3v) is 4.65. The van der Waals surface area contributed by atoms with Crippen molar-refractivity contribution in [3.63, 3.8) is 0 Å². The Morgan fingerprint density at radius 3 is 2.07 bits per heavy atom. The number of carbonyl (C=O) groups is 2. The van der Waals surface area contributed by atoms with Crippen LogP contribution in [-0.4, -0.2) is 32.3 Å². The van der Waals surface area contributed by atoms with E-state index in [-0.39, 0.29) is 6.42 Å². The van der Waals surface area contributed by atoms with Gasteiger partial charge in [-0.15, -0.1) is 0 Å². The topological polar surface area (TPSA) is 61.8 Å². The minimum absolute atomic E-state index is 0.102. The van der Waals surface area contributed by atoms with Crippen molar-refractivity contribution in [2.24, 2.45) is 5.41 Å². The lowest BCUT2D eigenvalue weighted by Crippen LogP contribution is -2.47. The highest BCUT2D eigenvalue weighted by Gasteiger charge is 2.61. The number of rotatable bonds is 3.